The first kappa shape index (κ1) is 27.5. The fourth-order valence-electron chi connectivity index (χ4n) is 3.02. The molecule has 0 aromatic carbocycles. The Kier molecular flexibility index (Phi) is 11.1. The van der Waals surface area contributed by atoms with E-state index in [0.717, 1.165) is 25.1 Å². The SMILES string of the molecule is CCC(C)NC(=O)CCNC(=NC)NC1CCN(c2ncc(C(F)(F)F)cc2Cl)C1.I. The number of aliphatic imine (C=N–C) groups is 1. The summed E-state index contributed by atoms with van der Waals surface area (Å²) in [6.45, 7) is 5.52. The van der Waals surface area contributed by atoms with Gasteiger partial charge in [-0.2, -0.15) is 13.2 Å². The Hall–Kier alpha value is -1.50. The van der Waals surface area contributed by atoms with Crippen LogP contribution >= 0.6 is 35.6 Å². The smallest absolute Gasteiger partial charge is 0.356 e. The number of nitrogens with one attached hydrogen (secondary N) is 3. The van der Waals surface area contributed by atoms with Crippen LogP contribution in [0.25, 0.3) is 0 Å². The fraction of sp³-hybridized carbons (Fsp3) is 0.632. The molecule has 0 aliphatic carbocycles. The molecular formula is C19H29ClF3IN6O. The first-order valence-corrected chi connectivity index (χ1v) is 10.3. The standard InChI is InChI=1S/C19H28ClF3N6O.HI/c1-4-12(2)27-16(30)5-7-25-18(24-3)28-14-6-8-29(11-14)17-15(20)9-13(10-26-17)19(21,22)23;/h9-10,12,14H,4-8,11H2,1-3H3,(H,27,30)(H2,24,25,28);1H. The molecule has 7 nitrogen and oxygen atoms in total. The summed E-state index contributed by atoms with van der Waals surface area (Å²) in [5, 5.41) is 9.24. The van der Waals surface area contributed by atoms with Crippen molar-refractivity contribution >= 4 is 53.3 Å². The van der Waals surface area contributed by atoms with Crippen LogP contribution in [0.1, 0.15) is 38.7 Å². The minimum atomic E-state index is -4.48. The van der Waals surface area contributed by atoms with Gasteiger partial charge >= 0.3 is 6.18 Å². The Labute approximate surface area is 202 Å². The number of alkyl halides is 3. The highest BCUT2D eigenvalue weighted by molar-refractivity contribution is 14.0. The van der Waals surface area contributed by atoms with E-state index in [1.165, 1.54) is 0 Å². The van der Waals surface area contributed by atoms with Crippen molar-refractivity contribution in [1.29, 1.82) is 0 Å². The summed E-state index contributed by atoms with van der Waals surface area (Å²) in [5.74, 6) is 0.866. The van der Waals surface area contributed by atoms with Crippen molar-refractivity contribution in [3.05, 3.63) is 22.8 Å². The van der Waals surface area contributed by atoms with Gasteiger partial charge in [-0.15, -0.1) is 24.0 Å². The van der Waals surface area contributed by atoms with Gasteiger partial charge in [0.1, 0.15) is 5.82 Å². The number of hydrogen-bond donors (Lipinski definition) is 3. The van der Waals surface area contributed by atoms with Crippen LogP contribution in [0.2, 0.25) is 5.02 Å². The molecular weight excluding hydrogens is 548 g/mol. The van der Waals surface area contributed by atoms with Crippen molar-refractivity contribution in [1.82, 2.24) is 20.9 Å². The Bertz CT molecular complexity index is 765. The molecule has 1 aromatic heterocycles. The fourth-order valence-corrected chi connectivity index (χ4v) is 3.31. The summed E-state index contributed by atoms with van der Waals surface area (Å²) in [6, 6.07) is 1.06. The number of aromatic nitrogens is 1. The second-order valence-electron chi connectivity index (χ2n) is 7.23. The van der Waals surface area contributed by atoms with Crippen molar-refractivity contribution in [2.24, 2.45) is 4.99 Å². The lowest BCUT2D eigenvalue weighted by Gasteiger charge is -2.21. The highest BCUT2D eigenvalue weighted by atomic mass is 127. The number of hydrogen-bond acceptors (Lipinski definition) is 4. The zero-order chi connectivity index (χ0) is 22.3. The van der Waals surface area contributed by atoms with Crippen LogP contribution in [-0.4, -0.2) is 55.6 Å². The minimum Gasteiger partial charge on any atom is -0.356 e. The molecule has 3 N–H and O–H groups in total. The predicted molar refractivity (Wildman–Crippen MR) is 127 cm³/mol. The number of nitrogens with zero attached hydrogens (tertiary/aromatic N) is 3. The number of pyridine rings is 1. The molecule has 1 aliphatic rings. The second-order valence-corrected chi connectivity index (χ2v) is 7.64. The van der Waals surface area contributed by atoms with Gasteiger partial charge < -0.3 is 20.9 Å². The molecule has 176 valence electrons. The van der Waals surface area contributed by atoms with Gasteiger partial charge in [0.25, 0.3) is 0 Å². The molecule has 1 amide bonds. The van der Waals surface area contributed by atoms with Gasteiger partial charge in [0.05, 0.1) is 10.6 Å². The highest BCUT2D eigenvalue weighted by Gasteiger charge is 2.33. The summed E-state index contributed by atoms with van der Waals surface area (Å²) in [7, 11) is 1.63. The van der Waals surface area contributed by atoms with Gasteiger partial charge in [-0.25, -0.2) is 4.98 Å². The molecule has 1 aliphatic heterocycles. The molecule has 12 heteroatoms. The molecule has 31 heavy (non-hydrogen) atoms. The minimum absolute atomic E-state index is 0. The van der Waals surface area contributed by atoms with Gasteiger partial charge in [-0.05, 0) is 25.8 Å². The van der Waals surface area contributed by atoms with Crippen molar-refractivity contribution in [3.8, 4) is 0 Å². The number of halogens is 5. The molecule has 1 aromatic rings. The zero-order valence-electron chi connectivity index (χ0n) is 17.7. The number of carbonyl (C=O) groups excluding carboxylic acids is 1. The monoisotopic (exact) mass is 576 g/mol. The lowest BCUT2D eigenvalue weighted by Crippen LogP contribution is -2.45. The summed E-state index contributed by atoms with van der Waals surface area (Å²) < 4.78 is 38.4. The quantitative estimate of drug-likeness (QED) is 0.263. The third kappa shape index (κ3) is 8.51. The largest absolute Gasteiger partial charge is 0.417 e. The molecule has 2 rings (SSSR count). The van der Waals surface area contributed by atoms with E-state index >= 15 is 0 Å². The first-order chi connectivity index (χ1) is 14.1. The van der Waals surface area contributed by atoms with Crippen molar-refractivity contribution in [2.75, 3.05) is 31.6 Å². The number of rotatable bonds is 7. The third-order valence-corrected chi connectivity index (χ3v) is 5.14. The third-order valence-electron chi connectivity index (χ3n) is 4.87. The summed E-state index contributed by atoms with van der Waals surface area (Å²) in [4.78, 5) is 21.7. The van der Waals surface area contributed by atoms with E-state index in [4.69, 9.17) is 11.6 Å². The zero-order valence-corrected chi connectivity index (χ0v) is 20.8. The number of amides is 1. The molecule has 1 fully saturated rings. The maximum atomic E-state index is 12.8. The molecule has 0 spiro atoms. The molecule has 0 radical (unpaired) electrons. The van der Waals surface area contributed by atoms with Gasteiger partial charge in [0, 0.05) is 51.4 Å². The Morgan fingerprint density at radius 1 is 1.45 bits per heavy atom. The predicted octanol–water partition coefficient (Wildman–Crippen LogP) is 3.42. The molecule has 1 saturated heterocycles. The van der Waals surface area contributed by atoms with E-state index < -0.39 is 11.7 Å². The van der Waals surface area contributed by atoms with Gasteiger partial charge in [0.2, 0.25) is 5.91 Å². The molecule has 2 unspecified atom stereocenters. The maximum Gasteiger partial charge on any atom is 0.417 e. The molecule has 2 heterocycles. The van der Waals surface area contributed by atoms with E-state index in [1.807, 2.05) is 18.7 Å². The first-order valence-electron chi connectivity index (χ1n) is 9.88. The molecule has 0 bridgehead atoms. The van der Waals surface area contributed by atoms with Gasteiger partial charge in [-0.3, -0.25) is 9.79 Å². The lowest BCUT2D eigenvalue weighted by molar-refractivity contribution is -0.137. The highest BCUT2D eigenvalue weighted by Crippen LogP contribution is 2.34. The summed E-state index contributed by atoms with van der Waals surface area (Å²) in [6.07, 6.45) is -1.74. The number of guanidine groups is 1. The Morgan fingerprint density at radius 3 is 2.74 bits per heavy atom. The average Bonchev–Trinajstić information content (AvgIpc) is 3.14. The lowest BCUT2D eigenvalue weighted by atomic mass is 10.2. The maximum absolute atomic E-state index is 12.8. The Balaban J connectivity index is 0.00000480. The van der Waals surface area contributed by atoms with Crippen LogP contribution in [0.3, 0.4) is 0 Å². The normalized spacial score (nSPS) is 17.7. The topological polar surface area (TPSA) is 81.6 Å². The van der Waals surface area contributed by atoms with E-state index in [0.29, 0.717) is 37.8 Å². The van der Waals surface area contributed by atoms with E-state index in [9.17, 15) is 18.0 Å². The van der Waals surface area contributed by atoms with E-state index in [2.05, 4.69) is 25.9 Å². The molecule has 0 saturated carbocycles. The van der Waals surface area contributed by atoms with Gasteiger partial charge in [-0.1, -0.05) is 18.5 Å². The van der Waals surface area contributed by atoms with Crippen LogP contribution < -0.4 is 20.9 Å². The van der Waals surface area contributed by atoms with Crippen molar-refractivity contribution in [3.63, 3.8) is 0 Å². The molecule has 2 atom stereocenters. The average molecular weight is 577 g/mol. The van der Waals surface area contributed by atoms with Crippen molar-refractivity contribution < 1.29 is 18.0 Å². The van der Waals surface area contributed by atoms with Crippen LogP contribution in [-0.2, 0) is 11.0 Å². The summed E-state index contributed by atoms with van der Waals surface area (Å²) >= 11 is 6.04. The van der Waals surface area contributed by atoms with Gasteiger partial charge in [0.15, 0.2) is 5.96 Å². The number of carbonyl (C=O) groups is 1. The van der Waals surface area contributed by atoms with Crippen LogP contribution in [0.5, 0.6) is 0 Å². The second kappa shape index (κ2) is 12.5. The summed E-state index contributed by atoms with van der Waals surface area (Å²) in [5.41, 5.74) is -0.868. The van der Waals surface area contributed by atoms with Crippen LogP contribution in [0, 0.1) is 0 Å². The van der Waals surface area contributed by atoms with E-state index in [1.54, 1.807) is 7.05 Å². The number of anilines is 1. The Morgan fingerprint density at radius 2 is 2.16 bits per heavy atom. The van der Waals surface area contributed by atoms with Crippen molar-refractivity contribution in [2.45, 2.75) is 51.4 Å². The van der Waals surface area contributed by atoms with Crippen LogP contribution in [0.15, 0.2) is 17.3 Å². The van der Waals surface area contributed by atoms with E-state index in [-0.39, 0.29) is 47.0 Å². The van der Waals surface area contributed by atoms with Crippen LogP contribution in [0.4, 0.5) is 19.0 Å².